The number of amidine groups is 1. The maximum atomic E-state index is 5.89. The van der Waals surface area contributed by atoms with Gasteiger partial charge in [0.05, 0.1) is 12.7 Å². The molecule has 1 atom stereocenters. The van der Waals surface area contributed by atoms with Crippen molar-refractivity contribution in [1.82, 2.24) is 4.90 Å². The highest BCUT2D eigenvalue weighted by atomic mass is 15.3. The first kappa shape index (κ1) is 13.2. The second-order valence-electron chi connectivity index (χ2n) is 4.38. The number of aliphatic imine (C=N–C) groups is 1. The Morgan fingerprint density at radius 1 is 1.44 bits per heavy atom. The first-order valence-electron chi connectivity index (χ1n) is 6.46. The van der Waals surface area contributed by atoms with Crippen LogP contribution in [0.3, 0.4) is 0 Å². The molecule has 0 saturated heterocycles. The van der Waals surface area contributed by atoms with Crippen LogP contribution in [0.2, 0.25) is 0 Å². The third kappa shape index (κ3) is 4.35. The lowest BCUT2D eigenvalue weighted by molar-refractivity contribution is 0.360. The van der Waals surface area contributed by atoms with Crippen LogP contribution in [-0.2, 0) is 0 Å². The number of nitrogens with zero attached hydrogens (tertiary/aromatic N) is 2. The van der Waals surface area contributed by atoms with Crippen LogP contribution in [0, 0.1) is 0 Å². The molecule has 92 valence electrons. The lowest BCUT2D eigenvalue weighted by atomic mass is 10.2. The van der Waals surface area contributed by atoms with E-state index in [2.05, 4.69) is 29.0 Å². The predicted molar refractivity (Wildman–Crippen MR) is 70.6 cm³/mol. The number of hydrogen-bond donors (Lipinski definition) is 1. The molecule has 3 heteroatoms. The van der Waals surface area contributed by atoms with Crippen LogP contribution in [0.1, 0.15) is 46.0 Å². The van der Waals surface area contributed by atoms with Crippen molar-refractivity contribution in [2.45, 2.75) is 52.1 Å². The molecule has 0 saturated carbocycles. The minimum Gasteiger partial charge on any atom is -0.343 e. The van der Waals surface area contributed by atoms with Gasteiger partial charge in [0, 0.05) is 13.0 Å². The molecular weight excluding hydrogens is 198 g/mol. The lowest BCUT2D eigenvalue weighted by Gasteiger charge is -2.24. The topological polar surface area (TPSA) is 41.6 Å². The monoisotopic (exact) mass is 223 g/mol. The van der Waals surface area contributed by atoms with Crippen LogP contribution < -0.4 is 5.73 Å². The third-order valence-electron chi connectivity index (χ3n) is 2.88. The SMILES string of the molecule is CCCC/C=C/CCC1=NCCN1C(C)N. The highest BCUT2D eigenvalue weighted by molar-refractivity contribution is 5.84. The summed E-state index contributed by atoms with van der Waals surface area (Å²) in [7, 11) is 0. The van der Waals surface area contributed by atoms with Crippen LogP contribution >= 0.6 is 0 Å². The van der Waals surface area contributed by atoms with E-state index in [1.165, 1.54) is 25.1 Å². The van der Waals surface area contributed by atoms with Crippen LogP contribution in [0.5, 0.6) is 0 Å². The van der Waals surface area contributed by atoms with Gasteiger partial charge in [0.2, 0.25) is 0 Å². The van der Waals surface area contributed by atoms with Crippen molar-refractivity contribution >= 4 is 5.84 Å². The molecule has 2 N–H and O–H groups in total. The number of rotatable bonds is 7. The quantitative estimate of drug-likeness (QED) is 0.532. The molecule has 0 aromatic rings. The van der Waals surface area contributed by atoms with Crippen molar-refractivity contribution in [1.29, 1.82) is 0 Å². The molecule has 3 nitrogen and oxygen atoms in total. The van der Waals surface area contributed by atoms with Gasteiger partial charge in [-0.2, -0.15) is 0 Å². The van der Waals surface area contributed by atoms with Crippen molar-refractivity contribution in [2.24, 2.45) is 10.7 Å². The van der Waals surface area contributed by atoms with Gasteiger partial charge in [-0.1, -0.05) is 31.9 Å². The molecule has 0 aromatic heterocycles. The molecule has 0 fully saturated rings. The summed E-state index contributed by atoms with van der Waals surface area (Å²) in [6.45, 7) is 6.16. The average molecular weight is 223 g/mol. The van der Waals surface area contributed by atoms with Gasteiger partial charge in [0.15, 0.2) is 0 Å². The molecule has 0 aliphatic carbocycles. The molecule has 1 rings (SSSR count). The van der Waals surface area contributed by atoms with Gasteiger partial charge in [0.25, 0.3) is 0 Å². The molecule has 0 spiro atoms. The number of hydrogen-bond acceptors (Lipinski definition) is 3. The number of nitrogens with two attached hydrogens (primary N) is 1. The summed E-state index contributed by atoms with van der Waals surface area (Å²) < 4.78 is 0. The Morgan fingerprint density at radius 3 is 2.88 bits per heavy atom. The summed E-state index contributed by atoms with van der Waals surface area (Å²) in [5.74, 6) is 1.19. The molecule has 1 aliphatic rings. The van der Waals surface area contributed by atoms with Crippen LogP contribution in [-0.4, -0.2) is 30.0 Å². The highest BCUT2D eigenvalue weighted by Crippen LogP contribution is 2.09. The van der Waals surface area contributed by atoms with Gasteiger partial charge in [0.1, 0.15) is 5.84 Å². The van der Waals surface area contributed by atoms with E-state index in [4.69, 9.17) is 5.73 Å². The zero-order valence-electron chi connectivity index (χ0n) is 10.7. The third-order valence-corrected chi connectivity index (χ3v) is 2.88. The Balaban J connectivity index is 2.19. The maximum absolute atomic E-state index is 5.89. The minimum absolute atomic E-state index is 0.102. The molecule has 1 unspecified atom stereocenters. The van der Waals surface area contributed by atoms with Crippen molar-refractivity contribution in [3.05, 3.63) is 12.2 Å². The second-order valence-corrected chi connectivity index (χ2v) is 4.38. The van der Waals surface area contributed by atoms with Gasteiger partial charge in [-0.25, -0.2) is 0 Å². The van der Waals surface area contributed by atoms with Crippen LogP contribution in [0.15, 0.2) is 17.1 Å². The van der Waals surface area contributed by atoms with Gasteiger partial charge < -0.3 is 10.6 Å². The van der Waals surface area contributed by atoms with Crippen molar-refractivity contribution < 1.29 is 0 Å². The fraction of sp³-hybridized carbons (Fsp3) is 0.769. The molecular formula is C13H25N3. The molecule has 1 aliphatic heterocycles. The Kier molecular flexibility index (Phi) is 6.16. The number of allylic oxidation sites excluding steroid dienone is 2. The summed E-state index contributed by atoms with van der Waals surface area (Å²) in [5, 5.41) is 0. The average Bonchev–Trinajstić information content (AvgIpc) is 2.71. The van der Waals surface area contributed by atoms with E-state index in [-0.39, 0.29) is 6.17 Å². The van der Waals surface area contributed by atoms with Crippen molar-refractivity contribution in [2.75, 3.05) is 13.1 Å². The van der Waals surface area contributed by atoms with E-state index < -0.39 is 0 Å². The smallest absolute Gasteiger partial charge is 0.101 e. The minimum atomic E-state index is 0.102. The lowest BCUT2D eigenvalue weighted by Crippen LogP contribution is -2.41. The summed E-state index contributed by atoms with van der Waals surface area (Å²) >= 11 is 0. The fourth-order valence-electron chi connectivity index (χ4n) is 1.94. The summed E-state index contributed by atoms with van der Waals surface area (Å²) in [6, 6.07) is 0. The highest BCUT2D eigenvalue weighted by Gasteiger charge is 2.18. The molecule has 0 radical (unpaired) electrons. The van der Waals surface area contributed by atoms with E-state index >= 15 is 0 Å². The second kappa shape index (κ2) is 7.44. The Morgan fingerprint density at radius 2 is 2.19 bits per heavy atom. The van der Waals surface area contributed by atoms with E-state index in [1.54, 1.807) is 0 Å². The van der Waals surface area contributed by atoms with Gasteiger partial charge in [-0.3, -0.25) is 4.99 Å². The molecule has 0 amide bonds. The molecule has 1 heterocycles. The van der Waals surface area contributed by atoms with Crippen LogP contribution in [0.25, 0.3) is 0 Å². The molecule has 16 heavy (non-hydrogen) atoms. The first-order chi connectivity index (χ1) is 7.75. The van der Waals surface area contributed by atoms with Crippen LogP contribution in [0.4, 0.5) is 0 Å². The molecule has 0 aromatic carbocycles. The van der Waals surface area contributed by atoms with E-state index in [9.17, 15) is 0 Å². The van der Waals surface area contributed by atoms with Gasteiger partial charge >= 0.3 is 0 Å². The van der Waals surface area contributed by atoms with Gasteiger partial charge in [-0.15, -0.1) is 0 Å². The first-order valence-corrected chi connectivity index (χ1v) is 6.46. The summed E-state index contributed by atoms with van der Waals surface area (Å²) in [4.78, 5) is 6.71. The Bertz CT molecular complexity index is 244. The number of unbranched alkanes of at least 4 members (excludes halogenated alkanes) is 2. The largest absolute Gasteiger partial charge is 0.343 e. The maximum Gasteiger partial charge on any atom is 0.101 e. The van der Waals surface area contributed by atoms with E-state index in [1.807, 2.05) is 6.92 Å². The van der Waals surface area contributed by atoms with E-state index in [0.29, 0.717) is 0 Å². The zero-order chi connectivity index (χ0) is 11.8. The summed E-state index contributed by atoms with van der Waals surface area (Å²) in [6.07, 6.45) is 10.6. The predicted octanol–water partition coefficient (Wildman–Crippen LogP) is 2.53. The normalized spacial score (nSPS) is 18.2. The zero-order valence-corrected chi connectivity index (χ0v) is 10.7. The summed E-state index contributed by atoms with van der Waals surface area (Å²) in [5.41, 5.74) is 5.89. The van der Waals surface area contributed by atoms with Gasteiger partial charge in [-0.05, 0) is 19.8 Å². The Labute approximate surface area is 99.4 Å². The van der Waals surface area contributed by atoms with E-state index in [0.717, 1.165) is 25.9 Å². The molecule has 0 bridgehead atoms. The van der Waals surface area contributed by atoms with Crippen molar-refractivity contribution in [3.63, 3.8) is 0 Å². The van der Waals surface area contributed by atoms with Crippen molar-refractivity contribution in [3.8, 4) is 0 Å². The Hall–Kier alpha value is -0.830. The fourth-order valence-corrected chi connectivity index (χ4v) is 1.94. The standard InChI is InChI=1S/C13H25N3/c1-3-4-5-6-7-8-9-13-15-10-11-16(13)12(2)14/h6-7,12H,3-5,8-11,14H2,1-2H3/b7-6+.